The van der Waals surface area contributed by atoms with Gasteiger partial charge in [0.2, 0.25) is 0 Å². The molecule has 0 saturated heterocycles. The SMILES string of the molecule is CCc1ccc(CNC(=O)c2cc3ccc(F)cc3nc2C)s1. The quantitative estimate of drug-likeness (QED) is 0.778. The molecule has 1 amide bonds. The average Bonchev–Trinajstić information content (AvgIpc) is 3.00. The van der Waals surface area contributed by atoms with E-state index in [1.54, 1.807) is 30.4 Å². The van der Waals surface area contributed by atoms with Gasteiger partial charge in [-0.1, -0.05) is 6.92 Å². The van der Waals surface area contributed by atoms with E-state index in [1.165, 1.54) is 17.0 Å². The summed E-state index contributed by atoms with van der Waals surface area (Å²) in [6, 6.07) is 10.3. The third-order valence-corrected chi connectivity index (χ3v) is 4.93. The third kappa shape index (κ3) is 3.40. The van der Waals surface area contributed by atoms with Crippen molar-refractivity contribution in [3.05, 3.63) is 63.2 Å². The van der Waals surface area contributed by atoms with Crippen molar-refractivity contribution in [3.63, 3.8) is 0 Å². The first-order valence-electron chi connectivity index (χ1n) is 7.49. The Morgan fingerprint density at radius 3 is 2.74 bits per heavy atom. The first-order valence-corrected chi connectivity index (χ1v) is 8.31. The van der Waals surface area contributed by atoms with Crippen LogP contribution in [-0.4, -0.2) is 10.9 Å². The number of aromatic nitrogens is 1. The van der Waals surface area contributed by atoms with Gasteiger partial charge in [0.05, 0.1) is 23.3 Å². The van der Waals surface area contributed by atoms with Crippen LogP contribution < -0.4 is 5.32 Å². The minimum absolute atomic E-state index is 0.160. The van der Waals surface area contributed by atoms with E-state index in [2.05, 4.69) is 23.3 Å². The number of carbonyl (C=O) groups is 1. The predicted octanol–water partition coefficient (Wildman–Crippen LogP) is 4.24. The molecule has 5 heteroatoms. The van der Waals surface area contributed by atoms with E-state index < -0.39 is 0 Å². The molecular weight excluding hydrogens is 311 g/mol. The van der Waals surface area contributed by atoms with Gasteiger partial charge in [-0.15, -0.1) is 11.3 Å². The van der Waals surface area contributed by atoms with E-state index in [1.807, 2.05) is 6.07 Å². The third-order valence-electron chi connectivity index (χ3n) is 3.70. The highest BCUT2D eigenvalue weighted by atomic mass is 32.1. The van der Waals surface area contributed by atoms with E-state index in [0.717, 1.165) is 16.7 Å². The minimum Gasteiger partial charge on any atom is -0.347 e. The molecule has 2 aromatic heterocycles. The maximum absolute atomic E-state index is 13.2. The van der Waals surface area contributed by atoms with Gasteiger partial charge in [-0.05, 0) is 43.7 Å². The number of benzene rings is 1. The summed E-state index contributed by atoms with van der Waals surface area (Å²) < 4.78 is 13.2. The Labute approximate surface area is 138 Å². The molecule has 0 unspecified atom stereocenters. The van der Waals surface area contributed by atoms with Crippen LogP contribution in [0.1, 0.15) is 32.7 Å². The largest absolute Gasteiger partial charge is 0.347 e. The zero-order valence-electron chi connectivity index (χ0n) is 13.0. The first kappa shape index (κ1) is 15.6. The van der Waals surface area contributed by atoms with E-state index in [9.17, 15) is 9.18 Å². The molecule has 0 atom stereocenters. The molecule has 0 aliphatic heterocycles. The number of aryl methyl sites for hydroxylation is 2. The fourth-order valence-electron chi connectivity index (χ4n) is 2.44. The second-order valence-electron chi connectivity index (χ2n) is 5.36. The topological polar surface area (TPSA) is 42.0 Å². The molecule has 0 radical (unpaired) electrons. The number of halogens is 1. The molecular formula is C18H17FN2OS. The Hall–Kier alpha value is -2.27. The van der Waals surface area contributed by atoms with Gasteiger partial charge in [-0.25, -0.2) is 4.39 Å². The average molecular weight is 328 g/mol. The lowest BCUT2D eigenvalue weighted by Gasteiger charge is -2.08. The normalized spacial score (nSPS) is 10.9. The van der Waals surface area contributed by atoms with Crippen LogP contribution in [0.3, 0.4) is 0 Å². The van der Waals surface area contributed by atoms with Gasteiger partial charge in [0, 0.05) is 21.2 Å². The van der Waals surface area contributed by atoms with E-state index in [4.69, 9.17) is 0 Å². The standard InChI is InChI=1S/C18H17FN2OS/c1-3-14-6-7-15(23-14)10-20-18(22)16-8-12-4-5-13(19)9-17(12)21-11(16)2/h4-9H,3,10H2,1-2H3,(H,20,22). The number of hydrogen-bond acceptors (Lipinski definition) is 3. The number of nitrogens with zero attached hydrogens (tertiary/aromatic N) is 1. The minimum atomic E-state index is -0.328. The Morgan fingerprint density at radius 1 is 1.22 bits per heavy atom. The fraction of sp³-hybridized carbons (Fsp3) is 0.222. The summed E-state index contributed by atoms with van der Waals surface area (Å²) in [5.41, 5.74) is 1.68. The van der Waals surface area contributed by atoms with Crippen LogP contribution in [0.4, 0.5) is 4.39 Å². The molecule has 1 aromatic carbocycles. The molecule has 0 fully saturated rings. The monoisotopic (exact) mass is 328 g/mol. The maximum Gasteiger partial charge on any atom is 0.253 e. The fourth-order valence-corrected chi connectivity index (χ4v) is 3.33. The lowest BCUT2D eigenvalue weighted by Crippen LogP contribution is -2.23. The molecule has 0 bridgehead atoms. The number of hydrogen-bond donors (Lipinski definition) is 1. The van der Waals surface area contributed by atoms with Gasteiger partial charge in [-0.3, -0.25) is 9.78 Å². The second-order valence-corrected chi connectivity index (χ2v) is 6.62. The molecule has 0 aliphatic carbocycles. The number of nitrogens with one attached hydrogen (secondary N) is 1. The molecule has 2 heterocycles. The van der Waals surface area contributed by atoms with Crippen molar-refractivity contribution in [2.45, 2.75) is 26.8 Å². The van der Waals surface area contributed by atoms with Gasteiger partial charge in [0.1, 0.15) is 5.82 Å². The molecule has 23 heavy (non-hydrogen) atoms. The Balaban J connectivity index is 1.80. The lowest BCUT2D eigenvalue weighted by atomic mass is 10.1. The summed E-state index contributed by atoms with van der Waals surface area (Å²) in [5, 5.41) is 3.68. The van der Waals surface area contributed by atoms with Crippen molar-refractivity contribution >= 4 is 28.1 Å². The maximum atomic E-state index is 13.2. The van der Waals surface area contributed by atoms with Crippen LogP contribution >= 0.6 is 11.3 Å². The number of amides is 1. The summed E-state index contributed by atoms with van der Waals surface area (Å²) >= 11 is 1.71. The highest BCUT2D eigenvalue weighted by molar-refractivity contribution is 7.11. The van der Waals surface area contributed by atoms with Crippen molar-refractivity contribution in [2.75, 3.05) is 0 Å². The van der Waals surface area contributed by atoms with E-state index >= 15 is 0 Å². The molecule has 0 spiro atoms. The summed E-state index contributed by atoms with van der Waals surface area (Å²) in [4.78, 5) is 19.2. The van der Waals surface area contributed by atoms with Crippen molar-refractivity contribution in [1.29, 1.82) is 0 Å². The van der Waals surface area contributed by atoms with E-state index in [-0.39, 0.29) is 11.7 Å². The number of fused-ring (bicyclic) bond motifs is 1. The van der Waals surface area contributed by atoms with Crippen LogP contribution in [0, 0.1) is 12.7 Å². The Morgan fingerprint density at radius 2 is 2.00 bits per heavy atom. The number of carbonyl (C=O) groups excluding carboxylic acids is 1. The molecule has 3 rings (SSSR count). The van der Waals surface area contributed by atoms with Gasteiger partial charge in [0.25, 0.3) is 5.91 Å². The molecule has 0 aliphatic rings. The predicted molar refractivity (Wildman–Crippen MR) is 91.3 cm³/mol. The lowest BCUT2D eigenvalue weighted by molar-refractivity contribution is 0.0950. The Bertz CT molecular complexity index is 873. The van der Waals surface area contributed by atoms with Crippen LogP contribution in [-0.2, 0) is 13.0 Å². The zero-order chi connectivity index (χ0) is 16.4. The number of thiophene rings is 1. The van der Waals surface area contributed by atoms with Crippen LogP contribution in [0.2, 0.25) is 0 Å². The molecule has 3 aromatic rings. The van der Waals surface area contributed by atoms with Gasteiger partial charge in [0.15, 0.2) is 0 Å². The Kier molecular flexibility index (Phi) is 4.39. The van der Waals surface area contributed by atoms with Crippen molar-refractivity contribution < 1.29 is 9.18 Å². The zero-order valence-corrected chi connectivity index (χ0v) is 13.8. The summed E-state index contributed by atoms with van der Waals surface area (Å²) in [7, 11) is 0. The van der Waals surface area contributed by atoms with Gasteiger partial charge in [-0.2, -0.15) is 0 Å². The van der Waals surface area contributed by atoms with E-state index in [0.29, 0.717) is 23.3 Å². The molecule has 0 saturated carbocycles. The first-order chi connectivity index (χ1) is 11.1. The second kappa shape index (κ2) is 6.46. The molecule has 3 nitrogen and oxygen atoms in total. The highest BCUT2D eigenvalue weighted by Gasteiger charge is 2.12. The van der Waals surface area contributed by atoms with Crippen molar-refractivity contribution in [3.8, 4) is 0 Å². The number of pyridine rings is 1. The molecule has 1 N–H and O–H groups in total. The summed E-state index contributed by atoms with van der Waals surface area (Å²) in [5.74, 6) is -0.487. The van der Waals surface area contributed by atoms with Gasteiger partial charge >= 0.3 is 0 Å². The van der Waals surface area contributed by atoms with Crippen molar-refractivity contribution in [2.24, 2.45) is 0 Å². The molecule has 118 valence electrons. The highest BCUT2D eigenvalue weighted by Crippen LogP contribution is 2.19. The van der Waals surface area contributed by atoms with Crippen LogP contribution in [0.5, 0.6) is 0 Å². The van der Waals surface area contributed by atoms with Crippen LogP contribution in [0.25, 0.3) is 10.9 Å². The summed E-state index contributed by atoms with van der Waals surface area (Å²) in [6.07, 6.45) is 1.00. The smallest absolute Gasteiger partial charge is 0.253 e. The van der Waals surface area contributed by atoms with Crippen LogP contribution in [0.15, 0.2) is 36.4 Å². The number of rotatable bonds is 4. The summed E-state index contributed by atoms with van der Waals surface area (Å²) in [6.45, 7) is 4.38. The van der Waals surface area contributed by atoms with Gasteiger partial charge < -0.3 is 5.32 Å². The van der Waals surface area contributed by atoms with Crippen molar-refractivity contribution in [1.82, 2.24) is 10.3 Å².